The molecule has 1 atom stereocenters. The van der Waals surface area contributed by atoms with E-state index in [1.807, 2.05) is 0 Å². The summed E-state index contributed by atoms with van der Waals surface area (Å²) in [6.45, 7) is 5.16. The number of phenols is 1. The number of aryl methyl sites for hydroxylation is 2. The van der Waals surface area contributed by atoms with E-state index >= 15 is 0 Å². The molecule has 0 bridgehead atoms. The minimum atomic E-state index is -1.29. The average molecular weight is 389 g/mol. The third kappa shape index (κ3) is 5.40. The molecule has 2 aromatic carbocycles. The summed E-state index contributed by atoms with van der Waals surface area (Å²) in [4.78, 5) is 24.6. The number of ether oxygens (including phenoxy) is 1. The summed E-state index contributed by atoms with van der Waals surface area (Å²) in [7, 11) is -1.29. The third-order valence-electron chi connectivity index (χ3n) is 3.99. The van der Waals surface area contributed by atoms with E-state index in [1.165, 1.54) is 6.07 Å². The maximum Gasteiger partial charge on any atom is 0.339 e. The molecule has 6 nitrogen and oxygen atoms in total. The Labute approximate surface area is 161 Å². The molecule has 0 radical (unpaired) electrons. The van der Waals surface area contributed by atoms with Gasteiger partial charge >= 0.3 is 5.97 Å². The summed E-state index contributed by atoms with van der Waals surface area (Å²) < 4.78 is 17.1. The van der Waals surface area contributed by atoms with Crippen LogP contribution in [0, 0.1) is 13.8 Å². The number of carbonyl (C=O) groups is 2. The van der Waals surface area contributed by atoms with Gasteiger partial charge < -0.3 is 15.2 Å². The van der Waals surface area contributed by atoms with Crippen LogP contribution >= 0.6 is 0 Å². The summed E-state index contributed by atoms with van der Waals surface area (Å²) >= 11 is 0. The van der Waals surface area contributed by atoms with Gasteiger partial charge in [0, 0.05) is 12.3 Å². The number of hydrogen-bond donors (Lipinski definition) is 2. The molecular formula is C20H23NO5S. The molecule has 1 amide bonds. The van der Waals surface area contributed by atoms with Crippen LogP contribution in [0.2, 0.25) is 0 Å². The minimum Gasteiger partial charge on any atom is -0.507 e. The molecule has 0 aliphatic carbocycles. The molecule has 0 spiro atoms. The van der Waals surface area contributed by atoms with Crippen molar-refractivity contribution < 1.29 is 23.6 Å². The van der Waals surface area contributed by atoms with Crippen molar-refractivity contribution >= 4 is 22.7 Å². The van der Waals surface area contributed by atoms with Crippen LogP contribution in [0.15, 0.2) is 41.3 Å². The van der Waals surface area contributed by atoms with E-state index in [0.717, 1.165) is 16.7 Å². The summed E-state index contributed by atoms with van der Waals surface area (Å²) in [5.74, 6) is -0.502. The number of phenolic OH excluding ortho intramolecular Hbond substituents is 1. The SMILES string of the molecule is CC[S@](=O)c1ccccc1C(=O)OCC(=O)NCc1cc(C)c(O)c(C)c1. The van der Waals surface area contributed by atoms with Gasteiger partial charge in [0.25, 0.3) is 5.91 Å². The predicted molar refractivity (Wildman–Crippen MR) is 103 cm³/mol. The molecule has 2 aromatic rings. The van der Waals surface area contributed by atoms with Crippen LogP contribution < -0.4 is 5.32 Å². The first-order valence-electron chi connectivity index (χ1n) is 8.53. The number of esters is 1. The first kappa shape index (κ1) is 20.6. The lowest BCUT2D eigenvalue weighted by Crippen LogP contribution is -2.28. The highest BCUT2D eigenvalue weighted by Crippen LogP contribution is 2.22. The Balaban J connectivity index is 1.93. The number of amides is 1. The Hall–Kier alpha value is -2.67. The van der Waals surface area contributed by atoms with E-state index in [0.29, 0.717) is 10.6 Å². The summed E-state index contributed by atoms with van der Waals surface area (Å²) in [6, 6.07) is 10.1. The fourth-order valence-corrected chi connectivity index (χ4v) is 3.54. The van der Waals surface area contributed by atoms with Crippen molar-refractivity contribution in [2.45, 2.75) is 32.2 Å². The molecule has 0 aliphatic heterocycles. The quantitative estimate of drug-likeness (QED) is 0.710. The smallest absolute Gasteiger partial charge is 0.339 e. The topological polar surface area (TPSA) is 92.7 Å². The van der Waals surface area contributed by atoms with Gasteiger partial charge in [-0.3, -0.25) is 9.00 Å². The van der Waals surface area contributed by atoms with Gasteiger partial charge in [-0.05, 0) is 42.7 Å². The normalized spacial score (nSPS) is 11.7. The Bertz CT molecular complexity index is 855. The van der Waals surface area contributed by atoms with Crippen molar-refractivity contribution in [3.05, 3.63) is 58.7 Å². The highest BCUT2D eigenvalue weighted by molar-refractivity contribution is 7.85. The first-order valence-corrected chi connectivity index (χ1v) is 9.85. The fraction of sp³-hybridized carbons (Fsp3) is 0.300. The number of hydrogen-bond acceptors (Lipinski definition) is 5. The number of carbonyl (C=O) groups excluding carboxylic acids is 2. The van der Waals surface area contributed by atoms with Crippen molar-refractivity contribution in [1.29, 1.82) is 0 Å². The number of benzene rings is 2. The molecule has 7 heteroatoms. The maximum atomic E-state index is 12.2. The van der Waals surface area contributed by atoms with E-state index in [-0.39, 0.29) is 17.9 Å². The van der Waals surface area contributed by atoms with Gasteiger partial charge in [-0.2, -0.15) is 0 Å². The highest BCUT2D eigenvalue weighted by Gasteiger charge is 2.17. The van der Waals surface area contributed by atoms with E-state index in [4.69, 9.17) is 4.74 Å². The first-order chi connectivity index (χ1) is 12.8. The second-order valence-electron chi connectivity index (χ2n) is 6.06. The zero-order valence-electron chi connectivity index (χ0n) is 15.6. The Morgan fingerprint density at radius 1 is 1.15 bits per heavy atom. The van der Waals surface area contributed by atoms with Gasteiger partial charge in [-0.15, -0.1) is 0 Å². The van der Waals surface area contributed by atoms with Crippen molar-refractivity contribution in [3.8, 4) is 5.75 Å². The van der Waals surface area contributed by atoms with Crippen LogP contribution in [0.4, 0.5) is 0 Å². The second-order valence-corrected chi connectivity index (χ2v) is 7.77. The average Bonchev–Trinajstić information content (AvgIpc) is 2.67. The minimum absolute atomic E-state index is 0.204. The molecule has 2 rings (SSSR count). The van der Waals surface area contributed by atoms with Crippen LogP contribution in [0.25, 0.3) is 0 Å². The van der Waals surface area contributed by atoms with E-state index in [9.17, 15) is 18.9 Å². The molecule has 0 aliphatic rings. The van der Waals surface area contributed by atoms with Gasteiger partial charge in [0.15, 0.2) is 6.61 Å². The molecule has 0 saturated heterocycles. The standard InChI is InChI=1S/C20H23NO5S/c1-4-27(25)17-8-6-5-7-16(17)20(24)26-12-18(22)21-11-15-9-13(2)19(23)14(3)10-15/h5-10,23H,4,11-12H2,1-3H3,(H,21,22)/t27-/m0/s1. The maximum absolute atomic E-state index is 12.2. The van der Waals surface area contributed by atoms with Crippen LogP contribution in [0.5, 0.6) is 5.75 Å². The molecule has 2 N–H and O–H groups in total. The predicted octanol–water partition coefficient (Wildman–Crippen LogP) is 2.61. The summed E-state index contributed by atoms with van der Waals surface area (Å²) in [5, 5.41) is 12.4. The molecule has 0 aromatic heterocycles. The van der Waals surface area contributed by atoms with Gasteiger partial charge in [0.2, 0.25) is 0 Å². The third-order valence-corrected chi connectivity index (χ3v) is 5.36. The molecule has 144 valence electrons. The molecule has 27 heavy (non-hydrogen) atoms. The fourth-order valence-electron chi connectivity index (χ4n) is 2.60. The lowest BCUT2D eigenvalue weighted by Gasteiger charge is -2.11. The van der Waals surface area contributed by atoms with Crippen LogP contribution in [0.1, 0.15) is 34.0 Å². The Morgan fingerprint density at radius 3 is 2.41 bits per heavy atom. The van der Waals surface area contributed by atoms with Crippen molar-refractivity contribution in [2.75, 3.05) is 12.4 Å². The van der Waals surface area contributed by atoms with Gasteiger partial charge in [-0.25, -0.2) is 4.79 Å². The molecule has 0 unspecified atom stereocenters. The summed E-state index contributed by atoms with van der Waals surface area (Å²) in [5.41, 5.74) is 2.50. The zero-order valence-corrected chi connectivity index (χ0v) is 16.4. The Kier molecular flexibility index (Phi) is 7.12. The van der Waals surface area contributed by atoms with E-state index in [1.54, 1.807) is 51.1 Å². The second kappa shape index (κ2) is 9.32. The van der Waals surface area contributed by atoms with Crippen molar-refractivity contribution in [1.82, 2.24) is 5.32 Å². The molecule has 0 heterocycles. The van der Waals surface area contributed by atoms with Gasteiger partial charge in [0.05, 0.1) is 21.3 Å². The van der Waals surface area contributed by atoms with Gasteiger partial charge in [0.1, 0.15) is 5.75 Å². The highest BCUT2D eigenvalue weighted by atomic mass is 32.2. The lowest BCUT2D eigenvalue weighted by molar-refractivity contribution is -0.124. The molecule has 0 fully saturated rings. The number of nitrogens with one attached hydrogen (secondary N) is 1. The van der Waals surface area contributed by atoms with Crippen LogP contribution in [0.3, 0.4) is 0 Å². The molecular weight excluding hydrogens is 366 g/mol. The Morgan fingerprint density at radius 2 is 1.78 bits per heavy atom. The molecule has 0 saturated carbocycles. The van der Waals surface area contributed by atoms with Crippen molar-refractivity contribution in [2.24, 2.45) is 0 Å². The largest absolute Gasteiger partial charge is 0.507 e. The summed E-state index contributed by atoms with van der Waals surface area (Å²) in [6.07, 6.45) is 0. The van der Waals surface area contributed by atoms with Gasteiger partial charge in [-0.1, -0.05) is 31.2 Å². The van der Waals surface area contributed by atoms with Crippen LogP contribution in [-0.4, -0.2) is 33.6 Å². The van der Waals surface area contributed by atoms with E-state index < -0.39 is 29.3 Å². The van der Waals surface area contributed by atoms with Crippen LogP contribution in [-0.2, 0) is 26.9 Å². The van der Waals surface area contributed by atoms with Crippen molar-refractivity contribution in [3.63, 3.8) is 0 Å². The zero-order chi connectivity index (χ0) is 20.0. The van der Waals surface area contributed by atoms with E-state index in [2.05, 4.69) is 5.32 Å². The number of rotatable bonds is 7. The monoisotopic (exact) mass is 389 g/mol. The lowest BCUT2D eigenvalue weighted by atomic mass is 10.1. The number of aromatic hydroxyl groups is 1.